The molecule has 2 N–H and O–H groups in total. The van der Waals surface area contributed by atoms with E-state index in [2.05, 4.69) is 14.7 Å². The molecule has 14 heavy (non-hydrogen) atoms. The van der Waals surface area contributed by atoms with Crippen molar-refractivity contribution in [2.24, 2.45) is 5.73 Å². The van der Waals surface area contributed by atoms with E-state index in [9.17, 15) is 4.79 Å². The van der Waals surface area contributed by atoms with Gasteiger partial charge in [0.2, 0.25) is 0 Å². The third kappa shape index (κ3) is 2.69. The number of nitrogens with two attached hydrogens (primary N) is 1. The first-order chi connectivity index (χ1) is 6.39. The van der Waals surface area contributed by atoms with Gasteiger partial charge < -0.3 is 10.5 Å². The van der Waals surface area contributed by atoms with E-state index in [1.54, 1.807) is 6.07 Å². The average Bonchev–Trinajstić information content (AvgIpc) is 2.01. The van der Waals surface area contributed by atoms with Gasteiger partial charge in [0.25, 0.3) is 0 Å². The highest BCUT2D eigenvalue weighted by Crippen LogP contribution is 2.20. The van der Waals surface area contributed by atoms with Crippen LogP contribution in [0.15, 0.2) is 12.3 Å². The predicted octanol–water partition coefficient (Wildman–Crippen LogP) is 1.23. The highest BCUT2D eigenvalue weighted by atomic mass is 16.6. The lowest BCUT2D eigenvalue weighted by atomic mass is 9.92. The molecule has 5 heteroatoms. The second-order valence-corrected chi connectivity index (χ2v) is 3.90. The smallest absolute Gasteiger partial charge is 0.374 e. The van der Waals surface area contributed by atoms with Gasteiger partial charge in [0.15, 0.2) is 0 Å². The van der Waals surface area contributed by atoms with Crippen molar-refractivity contribution in [2.75, 3.05) is 0 Å². The SMILES string of the molecule is CC(C)(C)c1ccnc(OC(N)=O)n1. The van der Waals surface area contributed by atoms with Crippen LogP contribution in [0.2, 0.25) is 0 Å². The van der Waals surface area contributed by atoms with Gasteiger partial charge in [-0.25, -0.2) is 9.78 Å². The minimum atomic E-state index is -0.906. The average molecular weight is 195 g/mol. The Morgan fingerprint density at radius 2 is 2.14 bits per heavy atom. The standard InChI is InChI=1S/C9H13N3O2/c1-9(2,3)6-4-5-11-8(12-6)14-7(10)13/h4-5H,1-3H3,(H2,10,13). The van der Waals surface area contributed by atoms with Crippen molar-refractivity contribution in [2.45, 2.75) is 26.2 Å². The van der Waals surface area contributed by atoms with Crippen molar-refractivity contribution >= 4 is 6.09 Å². The maximum atomic E-state index is 10.4. The Balaban J connectivity index is 2.95. The summed E-state index contributed by atoms with van der Waals surface area (Å²) in [6.07, 6.45) is 0.627. The number of carbonyl (C=O) groups is 1. The molecular formula is C9H13N3O2. The van der Waals surface area contributed by atoms with E-state index < -0.39 is 6.09 Å². The van der Waals surface area contributed by atoms with E-state index in [0.29, 0.717) is 0 Å². The molecule has 0 aliphatic heterocycles. The fourth-order valence-corrected chi connectivity index (χ4v) is 0.898. The molecule has 0 aromatic carbocycles. The van der Waals surface area contributed by atoms with Crippen LogP contribution in [-0.2, 0) is 5.41 Å². The number of hydrogen-bond donors (Lipinski definition) is 1. The number of nitrogens with zero attached hydrogens (tertiary/aromatic N) is 2. The van der Waals surface area contributed by atoms with E-state index >= 15 is 0 Å². The molecule has 0 saturated carbocycles. The van der Waals surface area contributed by atoms with Gasteiger partial charge in [0.1, 0.15) is 0 Å². The molecular weight excluding hydrogens is 182 g/mol. The van der Waals surface area contributed by atoms with Gasteiger partial charge in [0.05, 0.1) is 5.69 Å². The lowest BCUT2D eigenvalue weighted by Crippen LogP contribution is -2.20. The number of rotatable bonds is 1. The van der Waals surface area contributed by atoms with Crippen molar-refractivity contribution < 1.29 is 9.53 Å². The van der Waals surface area contributed by atoms with Crippen molar-refractivity contribution in [3.63, 3.8) is 0 Å². The molecule has 0 aliphatic carbocycles. The molecule has 1 rings (SSSR count). The minimum absolute atomic E-state index is 0.00933. The minimum Gasteiger partial charge on any atom is -0.374 e. The van der Waals surface area contributed by atoms with E-state index in [-0.39, 0.29) is 11.4 Å². The molecule has 1 heterocycles. The van der Waals surface area contributed by atoms with Gasteiger partial charge in [-0.3, -0.25) is 0 Å². The van der Waals surface area contributed by atoms with Crippen LogP contribution in [-0.4, -0.2) is 16.1 Å². The zero-order valence-corrected chi connectivity index (χ0v) is 8.44. The number of hydrogen-bond acceptors (Lipinski definition) is 4. The van der Waals surface area contributed by atoms with E-state index in [4.69, 9.17) is 5.73 Å². The maximum Gasteiger partial charge on any atom is 0.412 e. The zero-order chi connectivity index (χ0) is 10.8. The number of aromatic nitrogens is 2. The molecule has 0 atom stereocenters. The maximum absolute atomic E-state index is 10.4. The number of ether oxygens (including phenoxy) is 1. The van der Waals surface area contributed by atoms with Gasteiger partial charge in [-0.05, 0) is 6.07 Å². The van der Waals surface area contributed by atoms with Crippen molar-refractivity contribution in [3.8, 4) is 6.01 Å². The van der Waals surface area contributed by atoms with Gasteiger partial charge in [-0.2, -0.15) is 4.98 Å². The summed E-state index contributed by atoms with van der Waals surface area (Å²) in [4.78, 5) is 18.3. The molecule has 1 aromatic rings. The van der Waals surface area contributed by atoms with Gasteiger partial charge in [-0.1, -0.05) is 20.8 Å². The van der Waals surface area contributed by atoms with Crippen LogP contribution < -0.4 is 10.5 Å². The number of amides is 1. The number of primary amides is 1. The Morgan fingerprint density at radius 1 is 1.50 bits per heavy atom. The Labute approximate surface area is 82.3 Å². The van der Waals surface area contributed by atoms with Crippen LogP contribution in [0.25, 0.3) is 0 Å². The van der Waals surface area contributed by atoms with E-state index in [0.717, 1.165) is 5.69 Å². The van der Waals surface area contributed by atoms with Gasteiger partial charge in [-0.15, -0.1) is 0 Å². The van der Waals surface area contributed by atoms with Gasteiger partial charge >= 0.3 is 12.1 Å². The van der Waals surface area contributed by atoms with Gasteiger partial charge in [0, 0.05) is 11.6 Å². The second-order valence-electron chi connectivity index (χ2n) is 3.90. The Bertz CT molecular complexity index is 344. The summed E-state index contributed by atoms with van der Waals surface area (Å²) < 4.78 is 4.57. The summed E-state index contributed by atoms with van der Waals surface area (Å²) in [5, 5.41) is 0. The molecule has 1 amide bonds. The summed E-state index contributed by atoms with van der Waals surface area (Å²) in [7, 11) is 0. The molecule has 0 spiro atoms. The lowest BCUT2D eigenvalue weighted by molar-refractivity contribution is 0.206. The first kappa shape index (κ1) is 10.4. The molecule has 5 nitrogen and oxygen atoms in total. The summed E-state index contributed by atoms with van der Waals surface area (Å²) in [5.41, 5.74) is 5.53. The van der Waals surface area contributed by atoms with Crippen LogP contribution in [0.4, 0.5) is 4.79 Å². The topological polar surface area (TPSA) is 78.1 Å². The Kier molecular flexibility index (Phi) is 2.69. The van der Waals surface area contributed by atoms with E-state index in [1.807, 2.05) is 20.8 Å². The summed E-state index contributed by atoms with van der Waals surface area (Å²) >= 11 is 0. The predicted molar refractivity (Wildman–Crippen MR) is 50.9 cm³/mol. The van der Waals surface area contributed by atoms with E-state index in [1.165, 1.54) is 6.20 Å². The van der Waals surface area contributed by atoms with Crippen LogP contribution >= 0.6 is 0 Å². The van der Waals surface area contributed by atoms with Crippen LogP contribution in [0.5, 0.6) is 6.01 Å². The molecule has 0 saturated heterocycles. The second kappa shape index (κ2) is 3.61. The highest BCUT2D eigenvalue weighted by molar-refractivity contribution is 5.66. The highest BCUT2D eigenvalue weighted by Gasteiger charge is 2.16. The van der Waals surface area contributed by atoms with Crippen molar-refractivity contribution in [1.82, 2.24) is 9.97 Å². The first-order valence-corrected chi connectivity index (χ1v) is 4.20. The van der Waals surface area contributed by atoms with Crippen LogP contribution in [0.3, 0.4) is 0 Å². The molecule has 0 aliphatic rings. The quantitative estimate of drug-likeness (QED) is 0.731. The zero-order valence-electron chi connectivity index (χ0n) is 8.44. The fraction of sp³-hybridized carbons (Fsp3) is 0.444. The fourth-order valence-electron chi connectivity index (χ4n) is 0.898. The number of carbonyl (C=O) groups excluding carboxylic acids is 1. The monoisotopic (exact) mass is 195 g/mol. The lowest BCUT2D eigenvalue weighted by Gasteiger charge is -2.17. The molecule has 0 unspecified atom stereocenters. The van der Waals surface area contributed by atoms with Crippen LogP contribution in [0.1, 0.15) is 26.5 Å². The normalized spacial score (nSPS) is 11.1. The van der Waals surface area contributed by atoms with Crippen molar-refractivity contribution in [1.29, 1.82) is 0 Å². The Hall–Kier alpha value is -1.65. The molecule has 0 fully saturated rings. The molecule has 76 valence electrons. The molecule has 0 bridgehead atoms. The molecule has 1 aromatic heterocycles. The summed E-state index contributed by atoms with van der Waals surface area (Å²) in [6.45, 7) is 6.01. The van der Waals surface area contributed by atoms with Crippen LogP contribution in [0, 0.1) is 0 Å². The summed E-state index contributed by atoms with van der Waals surface area (Å²) in [6, 6.07) is 1.76. The van der Waals surface area contributed by atoms with Crippen molar-refractivity contribution in [3.05, 3.63) is 18.0 Å². The third-order valence-electron chi connectivity index (χ3n) is 1.59. The first-order valence-electron chi connectivity index (χ1n) is 4.20. The third-order valence-corrected chi connectivity index (χ3v) is 1.59. The Morgan fingerprint density at radius 3 is 2.64 bits per heavy atom. The largest absolute Gasteiger partial charge is 0.412 e. The molecule has 0 radical (unpaired) electrons. The summed E-state index contributed by atoms with van der Waals surface area (Å²) in [5.74, 6) is 0.